The van der Waals surface area contributed by atoms with Crippen molar-refractivity contribution < 1.29 is 9.90 Å². The molecule has 0 saturated carbocycles. The van der Waals surface area contributed by atoms with Crippen LogP contribution in [0.1, 0.15) is 13.3 Å². The lowest BCUT2D eigenvalue weighted by Crippen LogP contribution is -2.39. The molecule has 1 aliphatic heterocycles. The van der Waals surface area contributed by atoms with Gasteiger partial charge in [0.2, 0.25) is 0 Å². The first-order valence-electron chi connectivity index (χ1n) is 3.95. The van der Waals surface area contributed by atoms with Gasteiger partial charge in [0.05, 0.1) is 5.57 Å². The fourth-order valence-electron chi connectivity index (χ4n) is 1.01. The smallest absolute Gasteiger partial charge is 0.338 e. The fourth-order valence-corrected chi connectivity index (χ4v) is 1.63. The summed E-state index contributed by atoms with van der Waals surface area (Å²) in [5, 5.41) is 11.6. The molecule has 5 heteroatoms. The van der Waals surface area contributed by atoms with Gasteiger partial charge >= 0.3 is 5.97 Å². The van der Waals surface area contributed by atoms with Crippen LogP contribution in [0.5, 0.6) is 0 Å². The Balaban J connectivity index is 2.77. The molecular formula is C8H12N2O2S. The highest BCUT2D eigenvalue weighted by atomic mass is 32.2. The molecule has 2 N–H and O–H groups in total. The van der Waals surface area contributed by atoms with Gasteiger partial charge in [-0.15, -0.1) is 11.8 Å². The second-order valence-electron chi connectivity index (χ2n) is 2.65. The number of carboxylic acids is 1. The third kappa shape index (κ3) is 2.03. The van der Waals surface area contributed by atoms with Crippen LogP contribution in [0.3, 0.4) is 0 Å². The molecule has 0 fully saturated rings. The SMILES string of the molecule is CCC1(SC)N=CC(C(=O)O)=CN1. The molecule has 0 amide bonds. The van der Waals surface area contributed by atoms with Crippen molar-refractivity contribution in [2.45, 2.75) is 18.3 Å². The van der Waals surface area contributed by atoms with Crippen LogP contribution in [-0.4, -0.2) is 28.5 Å². The average molecular weight is 200 g/mol. The van der Waals surface area contributed by atoms with Gasteiger partial charge in [-0.25, -0.2) is 4.79 Å². The van der Waals surface area contributed by atoms with Gasteiger partial charge in [0.25, 0.3) is 0 Å². The van der Waals surface area contributed by atoms with Gasteiger partial charge < -0.3 is 10.4 Å². The summed E-state index contributed by atoms with van der Waals surface area (Å²) >= 11 is 1.56. The lowest BCUT2D eigenvalue weighted by molar-refractivity contribution is -0.132. The molecule has 0 spiro atoms. The number of aliphatic imine (C=N–C) groups is 1. The highest BCUT2D eigenvalue weighted by Crippen LogP contribution is 2.27. The van der Waals surface area contributed by atoms with Crippen molar-refractivity contribution in [2.24, 2.45) is 4.99 Å². The molecule has 1 atom stereocenters. The summed E-state index contributed by atoms with van der Waals surface area (Å²) in [5.41, 5.74) is 0.193. The van der Waals surface area contributed by atoms with Crippen molar-refractivity contribution >= 4 is 23.9 Å². The van der Waals surface area contributed by atoms with Gasteiger partial charge in [-0.2, -0.15) is 0 Å². The zero-order valence-electron chi connectivity index (χ0n) is 7.57. The number of hydrogen-bond acceptors (Lipinski definition) is 4. The van der Waals surface area contributed by atoms with E-state index in [1.807, 2.05) is 13.2 Å². The molecule has 1 unspecified atom stereocenters. The summed E-state index contributed by atoms with van der Waals surface area (Å²) in [6, 6.07) is 0. The first-order valence-corrected chi connectivity index (χ1v) is 5.17. The number of hydrogen-bond donors (Lipinski definition) is 2. The summed E-state index contributed by atoms with van der Waals surface area (Å²) in [6.45, 7) is 2.00. The normalized spacial score (nSPS) is 26.5. The second kappa shape index (κ2) is 3.83. The van der Waals surface area contributed by atoms with Crippen LogP contribution in [-0.2, 0) is 4.79 Å². The van der Waals surface area contributed by atoms with Crippen LogP contribution in [0.15, 0.2) is 16.8 Å². The Labute approximate surface area is 81.1 Å². The Kier molecular flexibility index (Phi) is 2.98. The van der Waals surface area contributed by atoms with E-state index in [2.05, 4.69) is 10.3 Å². The molecule has 0 aromatic carbocycles. The molecule has 0 bridgehead atoms. The van der Waals surface area contributed by atoms with Crippen LogP contribution in [0, 0.1) is 0 Å². The quantitative estimate of drug-likeness (QED) is 0.715. The van der Waals surface area contributed by atoms with Gasteiger partial charge in [0.15, 0.2) is 4.99 Å². The molecule has 0 radical (unpaired) electrons. The zero-order valence-corrected chi connectivity index (χ0v) is 8.39. The van der Waals surface area contributed by atoms with E-state index < -0.39 is 5.97 Å². The number of carboxylic acid groups (broad SMARTS) is 1. The summed E-state index contributed by atoms with van der Waals surface area (Å²) in [5.74, 6) is -0.956. The Morgan fingerprint density at radius 2 is 2.54 bits per heavy atom. The first-order chi connectivity index (χ1) is 6.13. The zero-order chi connectivity index (χ0) is 9.90. The van der Waals surface area contributed by atoms with E-state index in [9.17, 15) is 4.79 Å². The Morgan fingerprint density at radius 1 is 1.85 bits per heavy atom. The number of aliphatic carboxylic acids is 1. The highest BCUT2D eigenvalue weighted by molar-refractivity contribution is 7.99. The minimum absolute atomic E-state index is 0.193. The van der Waals surface area contributed by atoms with E-state index >= 15 is 0 Å². The molecule has 0 aromatic heterocycles. The second-order valence-corrected chi connectivity index (χ2v) is 3.73. The van der Waals surface area contributed by atoms with E-state index in [1.165, 1.54) is 12.4 Å². The van der Waals surface area contributed by atoms with Gasteiger partial charge in [-0.3, -0.25) is 4.99 Å². The topological polar surface area (TPSA) is 61.7 Å². The molecule has 1 rings (SSSR count). The van der Waals surface area contributed by atoms with E-state index in [-0.39, 0.29) is 10.6 Å². The maximum Gasteiger partial charge on any atom is 0.338 e. The number of thioether (sulfide) groups is 1. The van der Waals surface area contributed by atoms with Crippen LogP contribution in [0.2, 0.25) is 0 Å². The fraction of sp³-hybridized carbons (Fsp3) is 0.500. The van der Waals surface area contributed by atoms with Gasteiger partial charge in [0, 0.05) is 12.4 Å². The molecular weight excluding hydrogens is 188 g/mol. The van der Waals surface area contributed by atoms with Gasteiger partial charge in [-0.1, -0.05) is 6.92 Å². The predicted octanol–water partition coefficient (Wildman–Crippen LogP) is 1.06. The first kappa shape index (κ1) is 10.1. The minimum atomic E-state index is -0.956. The maximum absolute atomic E-state index is 10.5. The van der Waals surface area contributed by atoms with Crippen molar-refractivity contribution in [3.63, 3.8) is 0 Å². The van der Waals surface area contributed by atoms with E-state index in [0.717, 1.165) is 6.42 Å². The van der Waals surface area contributed by atoms with E-state index in [0.29, 0.717) is 0 Å². The molecule has 1 heterocycles. The summed E-state index contributed by atoms with van der Waals surface area (Å²) in [4.78, 5) is 14.3. The van der Waals surface area contributed by atoms with Crippen LogP contribution in [0.25, 0.3) is 0 Å². The largest absolute Gasteiger partial charge is 0.478 e. The molecule has 0 aromatic rings. The van der Waals surface area contributed by atoms with Crippen LogP contribution >= 0.6 is 11.8 Å². The Bertz CT molecular complexity index is 269. The highest BCUT2D eigenvalue weighted by Gasteiger charge is 2.27. The number of nitrogens with one attached hydrogen (secondary N) is 1. The van der Waals surface area contributed by atoms with Crippen molar-refractivity contribution in [1.29, 1.82) is 0 Å². The summed E-state index contributed by atoms with van der Waals surface area (Å²) < 4.78 is 0. The number of rotatable bonds is 3. The molecule has 0 saturated heterocycles. The van der Waals surface area contributed by atoms with Crippen molar-refractivity contribution in [3.8, 4) is 0 Å². The predicted molar refractivity (Wildman–Crippen MR) is 53.9 cm³/mol. The molecule has 1 aliphatic rings. The Hall–Kier alpha value is -0.970. The van der Waals surface area contributed by atoms with Crippen molar-refractivity contribution in [3.05, 3.63) is 11.8 Å². The maximum atomic E-state index is 10.5. The number of carbonyl (C=O) groups is 1. The van der Waals surface area contributed by atoms with E-state index in [4.69, 9.17) is 5.11 Å². The van der Waals surface area contributed by atoms with Gasteiger partial charge in [-0.05, 0) is 12.7 Å². The van der Waals surface area contributed by atoms with E-state index in [1.54, 1.807) is 11.8 Å². The van der Waals surface area contributed by atoms with Crippen molar-refractivity contribution in [2.75, 3.05) is 6.26 Å². The van der Waals surface area contributed by atoms with Gasteiger partial charge in [0.1, 0.15) is 0 Å². The van der Waals surface area contributed by atoms with Crippen molar-refractivity contribution in [1.82, 2.24) is 5.32 Å². The molecule has 72 valence electrons. The Morgan fingerprint density at radius 3 is 2.85 bits per heavy atom. The lowest BCUT2D eigenvalue weighted by Gasteiger charge is -2.29. The molecule has 4 nitrogen and oxygen atoms in total. The standard InChI is InChI=1S/C8H12N2O2S/c1-3-8(13-2)9-4-6(5-10-8)7(11)12/h4-5,9H,3H2,1-2H3,(H,11,12). The summed E-state index contributed by atoms with van der Waals surface area (Å²) in [6.07, 6.45) is 5.65. The third-order valence-corrected chi connectivity index (χ3v) is 3.12. The monoisotopic (exact) mass is 200 g/mol. The lowest BCUT2D eigenvalue weighted by atomic mass is 10.2. The minimum Gasteiger partial charge on any atom is -0.478 e. The number of nitrogens with zero attached hydrogens (tertiary/aromatic N) is 1. The van der Waals surface area contributed by atoms with Crippen LogP contribution < -0.4 is 5.32 Å². The average Bonchev–Trinajstić information content (AvgIpc) is 2.18. The molecule has 13 heavy (non-hydrogen) atoms. The molecule has 0 aliphatic carbocycles. The van der Waals surface area contributed by atoms with Crippen LogP contribution in [0.4, 0.5) is 0 Å². The third-order valence-electron chi connectivity index (χ3n) is 1.93. The summed E-state index contributed by atoms with van der Waals surface area (Å²) in [7, 11) is 0.